The molecule has 0 saturated carbocycles. The van der Waals surface area contributed by atoms with Crippen LogP contribution in [-0.2, 0) is 14.8 Å². The molecule has 8 nitrogen and oxygen atoms in total. The molecule has 1 heterocycles. The van der Waals surface area contributed by atoms with Crippen LogP contribution in [0, 0.1) is 6.92 Å². The van der Waals surface area contributed by atoms with Gasteiger partial charge in [-0.15, -0.1) is 16.8 Å². The number of rotatable bonds is 11. The van der Waals surface area contributed by atoms with Crippen LogP contribution in [0.25, 0.3) is 0 Å². The van der Waals surface area contributed by atoms with E-state index in [1.807, 2.05) is 37.3 Å². The van der Waals surface area contributed by atoms with E-state index in [1.54, 1.807) is 42.5 Å². The Balaban J connectivity index is 1.58. The van der Waals surface area contributed by atoms with Crippen molar-refractivity contribution in [2.45, 2.75) is 16.2 Å². The van der Waals surface area contributed by atoms with Crippen molar-refractivity contribution in [1.82, 2.24) is 10.2 Å². The third-order valence-electron chi connectivity index (χ3n) is 4.98. The van der Waals surface area contributed by atoms with Crippen LogP contribution in [-0.4, -0.2) is 36.8 Å². The highest BCUT2D eigenvalue weighted by Crippen LogP contribution is 2.29. The van der Waals surface area contributed by atoms with E-state index in [0.29, 0.717) is 27.3 Å². The summed E-state index contributed by atoms with van der Waals surface area (Å²) in [5, 5.41) is 10.9. The first-order valence-electron chi connectivity index (χ1n) is 11.1. The summed E-state index contributed by atoms with van der Waals surface area (Å²) >= 11 is 2.65. The highest BCUT2D eigenvalue weighted by atomic mass is 32.2. The van der Waals surface area contributed by atoms with Gasteiger partial charge >= 0.3 is 0 Å². The number of thioether (sulfide) groups is 1. The first-order chi connectivity index (χ1) is 17.8. The Kier molecular flexibility index (Phi) is 8.59. The molecule has 11 heteroatoms. The number of carbonyl (C=O) groups excluding carboxylic acids is 1. The van der Waals surface area contributed by atoms with Gasteiger partial charge in [0, 0.05) is 5.75 Å². The lowest BCUT2D eigenvalue weighted by atomic mass is 10.2. The summed E-state index contributed by atoms with van der Waals surface area (Å²) < 4.78 is 34.8. The molecule has 190 valence electrons. The van der Waals surface area contributed by atoms with E-state index in [-0.39, 0.29) is 10.0 Å². The number of nitrogens with one attached hydrogen (secondary N) is 1. The Morgan fingerprint density at radius 2 is 1.70 bits per heavy atom. The number of hydrogen-bond donors (Lipinski definition) is 1. The number of aromatic nitrogens is 2. The zero-order chi connectivity index (χ0) is 26.3. The standard InChI is InChI=1S/C26H24N4O4S3/c1-3-17-35-26-29-28-25(36-26)27-24(31)18-30(37(32,33)23-15-9-19(2)10-16-23)20-11-13-22(14-12-20)34-21-7-5-4-6-8-21/h3-16H,1,17-18H2,2H3,(H,27,28,31). The molecule has 0 unspecified atom stereocenters. The number of carbonyl (C=O) groups is 1. The van der Waals surface area contributed by atoms with E-state index in [4.69, 9.17) is 4.74 Å². The number of ether oxygens (including phenoxy) is 1. The molecular formula is C26H24N4O4S3. The molecule has 1 amide bonds. The largest absolute Gasteiger partial charge is 0.457 e. The average molecular weight is 553 g/mol. The van der Waals surface area contributed by atoms with Crippen LogP contribution in [0.2, 0.25) is 0 Å². The van der Waals surface area contributed by atoms with Gasteiger partial charge in [0.1, 0.15) is 18.0 Å². The van der Waals surface area contributed by atoms with Crippen molar-refractivity contribution in [2.75, 3.05) is 21.9 Å². The molecule has 0 aliphatic heterocycles. The summed E-state index contributed by atoms with van der Waals surface area (Å²) in [6.45, 7) is 5.08. The smallest absolute Gasteiger partial charge is 0.264 e. The predicted molar refractivity (Wildman–Crippen MR) is 148 cm³/mol. The van der Waals surface area contributed by atoms with Gasteiger partial charge in [0.2, 0.25) is 11.0 Å². The number of nitrogens with zero attached hydrogens (tertiary/aromatic N) is 3. The van der Waals surface area contributed by atoms with Gasteiger partial charge in [0.15, 0.2) is 4.34 Å². The predicted octanol–water partition coefficient (Wildman–Crippen LogP) is 5.75. The van der Waals surface area contributed by atoms with Crippen LogP contribution in [0.4, 0.5) is 10.8 Å². The van der Waals surface area contributed by atoms with Crippen molar-refractivity contribution < 1.29 is 17.9 Å². The van der Waals surface area contributed by atoms with Gasteiger partial charge in [-0.1, -0.05) is 65.1 Å². The number of anilines is 2. The quantitative estimate of drug-likeness (QED) is 0.144. The molecule has 0 fully saturated rings. The van der Waals surface area contributed by atoms with Crippen molar-refractivity contribution in [2.24, 2.45) is 0 Å². The van der Waals surface area contributed by atoms with E-state index >= 15 is 0 Å². The number of benzene rings is 3. The van der Waals surface area contributed by atoms with Crippen molar-refractivity contribution in [3.05, 3.63) is 97.1 Å². The Hall–Kier alpha value is -3.67. The number of amides is 1. The molecule has 1 aromatic heterocycles. The SMILES string of the molecule is C=CCSc1nnc(NC(=O)CN(c2ccc(Oc3ccccc3)cc2)S(=O)(=O)c2ccc(C)cc2)s1. The van der Waals surface area contributed by atoms with Crippen molar-refractivity contribution in [3.63, 3.8) is 0 Å². The molecule has 0 spiro atoms. The second-order valence-electron chi connectivity index (χ2n) is 7.75. The number of aryl methyl sites for hydroxylation is 1. The van der Waals surface area contributed by atoms with E-state index in [0.717, 1.165) is 9.87 Å². The molecule has 0 bridgehead atoms. The Morgan fingerprint density at radius 1 is 1.03 bits per heavy atom. The average Bonchev–Trinajstić information content (AvgIpc) is 3.34. The summed E-state index contributed by atoms with van der Waals surface area (Å²) in [5.74, 6) is 1.30. The normalized spacial score (nSPS) is 11.1. The third kappa shape index (κ3) is 6.97. The minimum atomic E-state index is -4.05. The first-order valence-corrected chi connectivity index (χ1v) is 14.4. The van der Waals surface area contributed by atoms with E-state index in [9.17, 15) is 13.2 Å². The Morgan fingerprint density at radius 3 is 2.38 bits per heavy atom. The Bertz CT molecular complexity index is 1460. The summed E-state index contributed by atoms with van der Waals surface area (Å²) in [6.07, 6.45) is 1.74. The zero-order valence-corrected chi connectivity index (χ0v) is 22.4. The molecule has 0 aliphatic carbocycles. The number of para-hydroxylation sites is 1. The minimum Gasteiger partial charge on any atom is -0.457 e. The van der Waals surface area contributed by atoms with Gasteiger partial charge < -0.3 is 4.74 Å². The molecular weight excluding hydrogens is 529 g/mol. The molecule has 1 N–H and O–H groups in total. The molecule has 0 aliphatic rings. The fourth-order valence-electron chi connectivity index (χ4n) is 3.20. The summed E-state index contributed by atoms with van der Waals surface area (Å²) in [7, 11) is -4.05. The van der Waals surface area contributed by atoms with E-state index in [2.05, 4.69) is 22.1 Å². The maximum absolute atomic E-state index is 13.6. The van der Waals surface area contributed by atoms with Gasteiger partial charge in [-0.25, -0.2) is 8.42 Å². The second kappa shape index (κ2) is 12.0. The van der Waals surface area contributed by atoms with Crippen LogP contribution in [0.1, 0.15) is 5.56 Å². The maximum Gasteiger partial charge on any atom is 0.264 e. The summed E-state index contributed by atoms with van der Waals surface area (Å²) in [5.41, 5.74) is 1.24. The van der Waals surface area contributed by atoms with Crippen molar-refractivity contribution in [3.8, 4) is 11.5 Å². The lowest BCUT2D eigenvalue weighted by molar-refractivity contribution is -0.114. The highest BCUT2D eigenvalue weighted by Gasteiger charge is 2.27. The van der Waals surface area contributed by atoms with Gasteiger partial charge in [0.05, 0.1) is 10.6 Å². The third-order valence-corrected chi connectivity index (χ3v) is 8.73. The Labute approximate surface area is 224 Å². The molecule has 0 atom stereocenters. The second-order valence-corrected chi connectivity index (χ2v) is 11.9. The lowest BCUT2D eigenvalue weighted by Gasteiger charge is -2.24. The van der Waals surface area contributed by atoms with Crippen molar-refractivity contribution in [1.29, 1.82) is 0 Å². The summed E-state index contributed by atoms with van der Waals surface area (Å²) in [4.78, 5) is 13.0. The summed E-state index contributed by atoms with van der Waals surface area (Å²) in [6, 6.07) is 22.2. The maximum atomic E-state index is 13.6. The zero-order valence-electron chi connectivity index (χ0n) is 19.9. The van der Waals surface area contributed by atoms with Gasteiger partial charge in [0.25, 0.3) is 10.0 Å². The van der Waals surface area contributed by atoms with Gasteiger partial charge in [-0.2, -0.15) is 0 Å². The molecule has 4 aromatic rings. The van der Waals surface area contributed by atoms with Crippen molar-refractivity contribution >= 4 is 49.8 Å². The monoisotopic (exact) mass is 552 g/mol. The molecule has 3 aromatic carbocycles. The minimum absolute atomic E-state index is 0.0783. The fourth-order valence-corrected chi connectivity index (χ4v) is 6.15. The van der Waals surface area contributed by atoms with Crippen LogP contribution in [0.15, 0.2) is 101 Å². The first kappa shape index (κ1) is 26.4. The van der Waals surface area contributed by atoms with E-state index in [1.165, 1.54) is 35.2 Å². The van der Waals surface area contributed by atoms with E-state index < -0.39 is 22.5 Å². The molecule has 4 rings (SSSR count). The topological polar surface area (TPSA) is 101 Å². The van der Waals surface area contributed by atoms with Gasteiger partial charge in [-0.05, 0) is 55.5 Å². The van der Waals surface area contributed by atoms with Crippen LogP contribution >= 0.6 is 23.1 Å². The number of hydrogen-bond acceptors (Lipinski definition) is 8. The highest BCUT2D eigenvalue weighted by molar-refractivity contribution is 8.01. The lowest BCUT2D eigenvalue weighted by Crippen LogP contribution is -2.38. The molecule has 37 heavy (non-hydrogen) atoms. The van der Waals surface area contributed by atoms with Crippen LogP contribution in [0.5, 0.6) is 11.5 Å². The van der Waals surface area contributed by atoms with Crippen LogP contribution < -0.4 is 14.4 Å². The number of sulfonamides is 1. The molecule has 0 radical (unpaired) electrons. The van der Waals surface area contributed by atoms with Gasteiger partial charge in [-0.3, -0.25) is 14.4 Å². The van der Waals surface area contributed by atoms with Crippen LogP contribution in [0.3, 0.4) is 0 Å². The molecule has 0 saturated heterocycles. The fraction of sp³-hybridized carbons (Fsp3) is 0.115.